The number of H-pyrrole nitrogens is 1. The van der Waals surface area contributed by atoms with Gasteiger partial charge in [0.1, 0.15) is 5.82 Å². The van der Waals surface area contributed by atoms with E-state index >= 15 is 0 Å². The van der Waals surface area contributed by atoms with Gasteiger partial charge in [-0.25, -0.2) is 4.39 Å². The highest BCUT2D eigenvalue weighted by Crippen LogP contribution is 2.35. The Morgan fingerprint density at radius 1 is 1.07 bits per heavy atom. The van der Waals surface area contributed by atoms with Crippen LogP contribution in [0, 0.1) is 5.82 Å². The minimum atomic E-state index is -4.62. The number of alkyl halides is 3. The van der Waals surface area contributed by atoms with Crippen molar-refractivity contribution in [3.8, 4) is 0 Å². The predicted molar refractivity (Wildman–Crippen MR) is 102 cm³/mol. The van der Waals surface area contributed by atoms with Crippen LogP contribution in [-0.2, 0) is 17.5 Å². The molecular weight excluding hydrogens is 386 g/mol. The number of anilines is 2. The molecule has 4 rings (SSSR count). The highest BCUT2D eigenvalue weighted by Gasteiger charge is 2.31. The number of aromatic nitrogens is 1. The van der Waals surface area contributed by atoms with Crippen LogP contribution in [0.5, 0.6) is 0 Å². The van der Waals surface area contributed by atoms with Crippen molar-refractivity contribution in [3.63, 3.8) is 0 Å². The van der Waals surface area contributed by atoms with Gasteiger partial charge in [0.25, 0.3) is 5.91 Å². The number of carbonyl (C=O) groups is 1. The Morgan fingerprint density at radius 2 is 1.90 bits per heavy atom. The molecule has 3 N–H and O–H groups in total. The van der Waals surface area contributed by atoms with Crippen molar-refractivity contribution in [1.29, 1.82) is 0 Å². The molecule has 0 saturated heterocycles. The third-order valence-corrected chi connectivity index (χ3v) is 4.51. The maximum Gasteiger partial charge on any atom is 0.416 e. The van der Waals surface area contributed by atoms with Crippen molar-refractivity contribution in [2.45, 2.75) is 12.7 Å². The third kappa shape index (κ3) is 4.01. The standard InChI is InChI=1S/C21H15F4N3O/c22-14-7-12(6-13(8-14)21(23,24)25)11-27-16-3-4-19-17(9-16)18(20(29)28-19)10-15-2-1-5-26-15/h1-10,26-27H,11H2,(H,28,29). The minimum Gasteiger partial charge on any atom is -0.381 e. The van der Waals surface area contributed by atoms with Gasteiger partial charge in [0.2, 0.25) is 0 Å². The number of rotatable bonds is 4. The first-order chi connectivity index (χ1) is 13.8. The fourth-order valence-corrected chi connectivity index (χ4v) is 3.15. The Hall–Kier alpha value is -3.55. The van der Waals surface area contributed by atoms with E-state index < -0.39 is 17.6 Å². The van der Waals surface area contributed by atoms with Crippen molar-refractivity contribution in [2.75, 3.05) is 10.6 Å². The summed E-state index contributed by atoms with van der Waals surface area (Å²) in [5.41, 5.74) is 2.27. The molecule has 8 heteroatoms. The summed E-state index contributed by atoms with van der Waals surface area (Å²) in [6, 6.07) is 11.2. The number of halogens is 4. The number of aromatic amines is 1. The molecule has 1 aliphatic heterocycles. The van der Waals surface area contributed by atoms with E-state index in [9.17, 15) is 22.4 Å². The van der Waals surface area contributed by atoms with Gasteiger partial charge in [0.05, 0.1) is 11.1 Å². The molecule has 4 nitrogen and oxygen atoms in total. The van der Waals surface area contributed by atoms with Crippen molar-refractivity contribution < 1.29 is 22.4 Å². The lowest BCUT2D eigenvalue weighted by Gasteiger charge is -2.12. The summed E-state index contributed by atoms with van der Waals surface area (Å²) >= 11 is 0. The zero-order chi connectivity index (χ0) is 20.6. The third-order valence-electron chi connectivity index (χ3n) is 4.51. The zero-order valence-electron chi connectivity index (χ0n) is 14.9. The van der Waals surface area contributed by atoms with Crippen LogP contribution in [0.1, 0.15) is 22.4 Å². The van der Waals surface area contributed by atoms with Gasteiger partial charge >= 0.3 is 6.18 Å². The molecule has 29 heavy (non-hydrogen) atoms. The van der Waals surface area contributed by atoms with Crippen LogP contribution in [0.15, 0.2) is 54.7 Å². The van der Waals surface area contributed by atoms with Gasteiger partial charge in [-0.1, -0.05) is 0 Å². The maximum absolute atomic E-state index is 13.6. The molecule has 0 radical (unpaired) electrons. The Balaban J connectivity index is 1.57. The normalized spacial score (nSPS) is 14.8. The number of nitrogens with one attached hydrogen (secondary N) is 3. The quantitative estimate of drug-likeness (QED) is 0.412. The first kappa shape index (κ1) is 18.8. The van der Waals surface area contributed by atoms with Crippen LogP contribution in [0.3, 0.4) is 0 Å². The monoisotopic (exact) mass is 401 g/mol. The minimum absolute atomic E-state index is 0.00330. The van der Waals surface area contributed by atoms with E-state index in [0.29, 0.717) is 28.6 Å². The molecule has 148 valence electrons. The highest BCUT2D eigenvalue weighted by molar-refractivity contribution is 6.35. The van der Waals surface area contributed by atoms with E-state index in [1.54, 1.807) is 30.5 Å². The number of carbonyl (C=O) groups excluding carboxylic acids is 1. The Kier molecular flexibility index (Phi) is 4.62. The molecule has 0 saturated carbocycles. The summed E-state index contributed by atoms with van der Waals surface area (Å²) in [7, 11) is 0. The SMILES string of the molecule is O=C1Nc2ccc(NCc3cc(F)cc(C(F)(F)F)c3)cc2C1=Cc1ccc[nH]1. The molecule has 1 aromatic heterocycles. The average molecular weight is 401 g/mol. The first-order valence-corrected chi connectivity index (χ1v) is 8.71. The van der Waals surface area contributed by atoms with E-state index in [2.05, 4.69) is 15.6 Å². The van der Waals surface area contributed by atoms with Crippen LogP contribution in [0.25, 0.3) is 11.6 Å². The summed E-state index contributed by atoms with van der Waals surface area (Å²) in [5, 5.41) is 5.75. The second-order valence-corrected chi connectivity index (χ2v) is 6.60. The molecule has 0 fully saturated rings. The van der Waals surface area contributed by atoms with Crippen LogP contribution in [-0.4, -0.2) is 10.9 Å². The van der Waals surface area contributed by atoms with Crippen LogP contribution in [0.4, 0.5) is 28.9 Å². The molecule has 0 spiro atoms. The lowest BCUT2D eigenvalue weighted by atomic mass is 10.0. The van der Waals surface area contributed by atoms with E-state index in [-0.39, 0.29) is 18.0 Å². The topological polar surface area (TPSA) is 56.9 Å². The van der Waals surface area contributed by atoms with Crippen molar-refractivity contribution in [2.24, 2.45) is 0 Å². The van der Waals surface area contributed by atoms with Gasteiger partial charge < -0.3 is 15.6 Å². The molecule has 3 aromatic rings. The number of hydrogen-bond acceptors (Lipinski definition) is 2. The summed E-state index contributed by atoms with van der Waals surface area (Å²) in [6.45, 7) is -0.00330. The summed E-state index contributed by atoms with van der Waals surface area (Å²) in [4.78, 5) is 15.3. The van der Waals surface area contributed by atoms with Gasteiger partial charge in [0, 0.05) is 35.4 Å². The van der Waals surface area contributed by atoms with Gasteiger partial charge in [-0.15, -0.1) is 0 Å². The van der Waals surface area contributed by atoms with Crippen LogP contribution >= 0.6 is 0 Å². The fraction of sp³-hybridized carbons (Fsp3) is 0.0952. The highest BCUT2D eigenvalue weighted by atomic mass is 19.4. The lowest BCUT2D eigenvalue weighted by Crippen LogP contribution is -2.08. The fourth-order valence-electron chi connectivity index (χ4n) is 3.15. The Morgan fingerprint density at radius 3 is 2.62 bits per heavy atom. The molecular formula is C21H15F4N3O. The van der Waals surface area contributed by atoms with Gasteiger partial charge in [-0.3, -0.25) is 4.79 Å². The molecule has 0 unspecified atom stereocenters. The molecule has 0 aliphatic carbocycles. The molecule has 0 atom stereocenters. The van der Waals surface area contributed by atoms with Crippen molar-refractivity contribution >= 4 is 28.9 Å². The maximum atomic E-state index is 13.6. The molecule has 2 aromatic carbocycles. The Bertz CT molecular complexity index is 1100. The van der Waals surface area contributed by atoms with Gasteiger partial charge in [0.15, 0.2) is 0 Å². The van der Waals surface area contributed by atoms with Crippen molar-refractivity contribution in [3.05, 3.63) is 82.9 Å². The second-order valence-electron chi connectivity index (χ2n) is 6.60. The smallest absolute Gasteiger partial charge is 0.381 e. The average Bonchev–Trinajstić information content (AvgIpc) is 3.27. The predicted octanol–water partition coefficient (Wildman–Crippen LogP) is 5.28. The zero-order valence-corrected chi connectivity index (χ0v) is 14.9. The van der Waals surface area contributed by atoms with Gasteiger partial charge in [-0.2, -0.15) is 13.2 Å². The number of amides is 1. The van der Waals surface area contributed by atoms with E-state index in [1.807, 2.05) is 12.1 Å². The van der Waals surface area contributed by atoms with E-state index in [1.165, 1.54) is 0 Å². The molecule has 1 aliphatic rings. The lowest BCUT2D eigenvalue weighted by molar-refractivity contribution is -0.137. The molecule has 1 amide bonds. The molecule has 2 heterocycles. The number of fused-ring (bicyclic) bond motifs is 1. The van der Waals surface area contributed by atoms with Crippen LogP contribution < -0.4 is 10.6 Å². The van der Waals surface area contributed by atoms with Gasteiger partial charge in [-0.05, 0) is 60.2 Å². The summed E-state index contributed by atoms with van der Waals surface area (Å²) in [6.07, 6.45) is -1.16. The second kappa shape index (κ2) is 7.12. The first-order valence-electron chi connectivity index (χ1n) is 8.71. The molecule has 0 bridgehead atoms. The van der Waals surface area contributed by atoms with Crippen molar-refractivity contribution in [1.82, 2.24) is 4.98 Å². The Labute approximate surface area is 163 Å². The van der Waals surface area contributed by atoms with Crippen LogP contribution in [0.2, 0.25) is 0 Å². The summed E-state index contributed by atoms with van der Waals surface area (Å²) < 4.78 is 52.1. The van der Waals surface area contributed by atoms with E-state index in [4.69, 9.17) is 0 Å². The number of benzene rings is 2. The number of hydrogen-bond donors (Lipinski definition) is 3. The van der Waals surface area contributed by atoms with E-state index in [0.717, 1.165) is 17.8 Å². The largest absolute Gasteiger partial charge is 0.416 e. The summed E-state index contributed by atoms with van der Waals surface area (Å²) in [5.74, 6) is -1.19.